The third kappa shape index (κ3) is 2.31. The minimum atomic E-state index is 0.783. The summed E-state index contributed by atoms with van der Waals surface area (Å²) in [5.41, 5.74) is 11.6. The Balaban J connectivity index is 2.18. The van der Waals surface area contributed by atoms with Gasteiger partial charge in [0.15, 0.2) is 0 Å². The van der Waals surface area contributed by atoms with Crippen LogP contribution in [-0.4, -0.2) is 11.5 Å². The minimum Gasteiger partial charge on any atom is -0.396 e. The Kier molecular flexibility index (Phi) is 3.48. The third-order valence-electron chi connectivity index (χ3n) is 3.82. The molecule has 0 aliphatic heterocycles. The van der Waals surface area contributed by atoms with Crippen molar-refractivity contribution < 1.29 is 0 Å². The first-order valence-electron chi connectivity index (χ1n) is 7.18. The molecule has 3 nitrogen and oxygen atoms in total. The summed E-state index contributed by atoms with van der Waals surface area (Å²) in [6.45, 7) is 5.12. The molecule has 3 rings (SSSR count). The third-order valence-corrected chi connectivity index (χ3v) is 3.82. The summed E-state index contributed by atoms with van der Waals surface area (Å²) in [5, 5.41) is 1.00. The molecule has 2 N–H and O–H groups in total. The predicted octanol–water partition coefficient (Wildman–Crippen LogP) is 4.28. The number of anilines is 3. The highest BCUT2D eigenvalue weighted by Gasteiger charge is 2.14. The second kappa shape index (κ2) is 5.44. The van der Waals surface area contributed by atoms with Gasteiger partial charge in [-0.1, -0.05) is 18.2 Å². The molecular formula is C18H19N3. The van der Waals surface area contributed by atoms with E-state index in [0.29, 0.717) is 0 Å². The second-order valence-corrected chi connectivity index (χ2v) is 5.10. The number of hydrogen-bond acceptors (Lipinski definition) is 3. The lowest BCUT2D eigenvalue weighted by molar-refractivity contribution is 1.02. The van der Waals surface area contributed by atoms with Crippen molar-refractivity contribution in [3.63, 3.8) is 0 Å². The van der Waals surface area contributed by atoms with Gasteiger partial charge in [-0.3, -0.25) is 4.98 Å². The van der Waals surface area contributed by atoms with Gasteiger partial charge >= 0.3 is 0 Å². The van der Waals surface area contributed by atoms with Crippen molar-refractivity contribution in [1.82, 2.24) is 4.98 Å². The lowest BCUT2D eigenvalue weighted by atomic mass is 10.1. The lowest BCUT2D eigenvalue weighted by Gasteiger charge is -2.27. The maximum absolute atomic E-state index is 6.40. The Morgan fingerprint density at radius 1 is 1.00 bits per heavy atom. The van der Waals surface area contributed by atoms with E-state index in [1.807, 2.05) is 18.2 Å². The molecule has 1 aromatic heterocycles. The number of hydrogen-bond donors (Lipinski definition) is 1. The molecular weight excluding hydrogens is 258 g/mol. The molecule has 0 saturated carbocycles. The molecule has 0 atom stereocenters. The predicted molar refractivity (Wildman–Crippen MR) is 90.0 cm³/mol. The number of pyridine rings is 1. The van der Waals surface area contributed by atoms with E-state index in [4.69, 9.17) is 5.73 Å². The second-order valence-electron chi connectivity index (χ2n) is 5.10. The maximum Gasteiger partial charge on any atom is 0.0724 e. The molecule has 0 unspecified atom stereocenters. The molecule has 3 aromatic rings. The largest absolute Gasteiger partial charge is 0.396 e. The van der Waals surface area contributed by atoms with Gasteiger partial charge in [-0.25, -0.2) is 0 Å². The van der Waals surface area contributed by atoms with E-state index >= 15 is 0 Å². The van der Waals surface area contributed by atoms with Crippen molar-refractivity contribution in [2.24, 2.45) is 0 Å². The van der Waals surface area contributed by atoms with Crippen molar-refractivity contribution in [2.75, 3.05) is 17.2 Å². The lowest BCUT2D eigenvalue weighted by Crippen LogP contribution is -2.18. The van der Waals surface area contributed by atoms with E-state index < -0.39 is 0 Å². The number of aromatic nitrogens is 1. The van der Waals surface area contributed by atoms with Crippen LogP contribution in [0.2, 0.25) is 0 Å². The van der Waals surface area contributed by atoms with Gasteiger partial charge in [0.1, 0.15) is 0 Å². The summed E-state index contributed by atoms with van der Waals surface area (Å²) in [7, 11) is 0. The number of nitrogens with two attached hydrogens (primary N) is 1. The fraction of sp³-hybridized carbons (Fsp3) is 0.167. The van der Waals surface area contributed by atoms with E-state index in [9.17, 15) is 0 Å². The van der Waals surface area contributed by atoms with Crippen LogP contribution < -0.4 is 10.6 Å². The fourth-order valence-corrected chi connectivity index (χ4v) is 2.74. The first-order chi connectivity index (χ1) is 10.2. The highest BCUT2D eigenvalue weighted by molar-refractivity contribution is 5.98. The maximum atomic E-state index is 6.40. The Labute approximate surface area is 125 Å². The number of fused-ring (bicyclic) bond motifs is 1. The summed E-state index contributed by atoms with van der Waals surface area (Å²) in [6, 6.07) is 16.4. The fourth-order valence-electron chi connectivity index (χ4n) is 2.74. The highest BCUT2D eigenvalue weighted by atomic mass is 15.1. The van der Waals surface area contributed by atoms with Gasteiger partial charge in [0, 0.05) is 23.8 Å². The zero-order valence-electron chi connectivity index (χ0n) is 12.4. The summed E-state index contributed by atoms with van der Waals surface area (Å²) in [4.78, 5) is 6.61. The van der Waals surface area contributed by atoms with Gasteiger partial charge in [0.25, 0.3) is 0 Å². The summed E-state index contributed by atoms with van der Waals surface area (Å²) >= 11 is 0. The highest BCUT2D eigenvalue weighted by Crippen LogP contribution is 2.35. The number of nitrogens with zero attached hydrogens (tertiary/aromatic N) is 2. The first-order valence-corrected chi connectivity index (χ1v) is 7.18. The minimum absolute atomic E-state index is 0.783. The number of aryl methyl sites for hydroxylation is 1. The van der Waals surface area contributed by atoms with Gasteiger partial charge in [0.05, 0.1) is 16.9 Å². The van der Waals surface area contributed by atoms with Crippen LogP contribution in [0.4, 0.5) is 17.1 Å². The number of para-hydroxylation sites is 1. The van der Waals surface area contributed by atoms with E-state index in [2.05, 4.69) is 54.1 Å². The quantitative estimate of drug-likeness (QED) is 0.726. The standard InChI is InChI=1S/C18H19N3/c1-3-21(16-9-5-4-7-13(16)2)17-11-10-15-14(18(17)19)8-6-12-20-15/h4-12H,3,19H2,1-2H3. The van der Waals surface area contributed by atoms with Crippen LogP contribution in [0.1, 0.15) is 12.5 Å². The normalized spacial score (nSPS) is 10.8. The Bertz CT molecular complexity index is 780. The molecule has 0 aliphatic rings. The molecule has 0 amide bonds. The van der Waals surface area contributed by atoms with Crippen molar-refractivity contribution in [3.05, 3.63) is 60.3 Å². The monoisotopic (exact) mass is 277 g/mol. The molecule has 1 heterocycles. The zero-order valence-corrected chi connectivity index (χ0v) is 12.4. The van der Waals surface area contributed by atoms with Crippen LogP contribution >= 0.6 is 0 Å². The topological polar surface area (TPSA) is 42.2 Å². The molecule has 0 bridgehead atoms. The van der Waals surface area contributed by atoms with Crippen LogP contribution in [0.15, 0.2) is 54.7 Å². The van der Waals surface area contributed by atoms with E-state index in [0.717, 1.165) is 28.8 Å². The number of nitrogen functional groups attached to an aromatic ring is 1. The van der Waals surface area contributed by atoms with Crippen LogP contribution in [0.25, 0.3) is 10.9 Å². The average Bonchev–Trinajstić information content (AvgIpc) is 2.52. The van der Waals surface area contributed by atoms with Crippen LogP contribution in [-0.2, 0) is 0 Å². The van der Waals surface area contributed by atoms with Crippen LogP contribution in [0.5, 0.6) is 0 Å². The summed E-state index contributed by atoms with van der Waals surface area (Å²) in [6.07, 6.45) is 1.79. The molecule has 2 aromatic carbocycles. The first kappa shape index (κ1) is 13.4. The van der Waals surface area contributed by atoms with Crippen molar-refractivity contribution in [3.8, 4) is 0 Å². The Morgan fingerprint density at radius 3 is 2.57 bits per heavy atom. The van der Waals surface area contributed by atoms with E-state index in [1.54, 1.807) is 6.20 Å². The van der Waals surface area contributed by atoms with Crippen LogP contribution in [0.3, 0.4) is 0 Å². The molecule has 3 heteroatoms. The summed E-state index contributed by atoms with van der Waals surface area (Å²) in [5.74, 6) is 0. The van der Waals surface area contributed by atoms with Gasteiger partial charge in [-0.2, -0.15) is 0 Å². The van der Waals surface area contributed by atoms with Gasteiger partial charge in [0.2, 0.25) is 0 Å². The van der Waals surface area contributed by atoms with Crippen molar-refractivity contribution >= 4 is 28.0 Å². The average molecular weight is 277 g/mol. The van der Waals surface area contributed by atoms with Crippen molar-refractivity contribution in [2.45, 2.75) is 13.8 Å². The smallest absolute Gasteiger partial charge is 0.0724 e. The van der Waals surface area contributed by atoms with Gasteiger partial charge < -0.3 is 10.6 Å². The van der Waals surface area contributed by atoms with Gasteiger partial charge in [-0.05, 0) is 49.7 Å². The van der Waals surface area contributed by atoms with E-state index in [-0.39, 0.29) is 0 Å². The van der Waals surface area contributed by atoms with Crippen molar-refractivity contribution in [1.29, 1.82) is 0 Å². The molecule has 0 fully saturated rings. The van der Waals surface area contributed by atoms with Crippen LogP contribution in [0, 0.1) is 6.92 Å². The molecule has 0 spiro atoms. The number of rotatable bonds is 3. The number of benzene rings is 2. The molecule has 0 aliphatic carbocycles. The summed E-state index contributed by atoms with van der Waals surface area (Å²) < 4.78 is 0. The SMILES string of the molecule is CCN(c1ccccc1C)c1ccc2ncccc2c1N. The zero-order chi connectivity index (χ0) is 14.8. The molecule has 0 saturated heterocycles. The van der Waals surface area contributed by atoms with E-state index in [1.165, 1.54) is 11.3 Å². The Morgan fingerprint density at radius 2 is 1.81 bits per heavy atom. The van der Waals surface area contributed by atoms with Gasteiger partial charge in [-0.15, -0.1) is 0 Å². The molecule has 21 heavy (non-hydrogen) atoms. The molecule has 106 valence electrons. The molecule has 0 radical (unpaired) electrons. The Hall–Kier alpha value is -2.55.